The quantitative estimate of drug-likeness (QED) is 0.290. The largest absolute Gasteiger partial charge is 0.396 e. The van der Waals surface area contributed by atoms with Crippen LogP contribution in [0.1, 0.15) is 77.6 Å². The minimum absolute atomic E-state index is 0.0370. The van der Waals surface area contributed by atoms with Crippen molar-refractivity contribution in [2.45, 2.75) is 95.4 Å². The standard InChI is InChI=1S/C23H40O4/c1-2-3-14-23(27,18-12-13-18)15-9-11-20-19(21(25)17-22(20)26)10-7-5-4-6-8-16-24/h5,7,9,11,18-22,24-27H,2-4,6,8,10,12-17H2,1H3/b7-5-,11-9+/t19-,20-,21-,22-,23?/m1/s1. The van der Waals surface area contributed by atoms with Crippen LogP contribution in [-0.4, -0.2) is 44.8 Å². The van der Waals surface area contributed by atoms with Crippen LogP contribution in [0.25, 0.3) is 0 Å². The van der Waals surface area contributed by atoms with Crippen LogP contribution in [0.3, 0.4) is 0 Å². The summed E-state index contributed by atoms with van der Waals surface area (Å²) in [5, 5.41) is 40.5. The monoisotopic (exact) mass is 380 g/mol. The molecule has 4 nitrogen and oxygen atoms in total. The van der Waals surface area contributed by atoms with E-state index in [-0.39, 0.29) is 18.4 Å². The summed E-state index contributed by atoms with van der Waals surface area (Å²) in [4.78, 5) is 0. The molecular weight excluding hydrogens is 340 g/mol. The van der Waals surface area contributed by atoms with E-state index in [1.165, 1.54) is 0 Å². The first kappa shape index (κ1) is 22.6. The zero-order chi connectivity index (χ0) is 19.7. The van der Waals surface area contributed by atoms with Gasteiger partial charge in [0.1, 0.15) is 0 Å². The van der Waals surface area contributed by atoms with Gasteiger partial charge in [0.05, 0.1) is 17.8 Å². The highest BCUT2D eigenvalue weighted by atomic mass is 16.3. The van der Waals surface area contributed by atoms with E-state index in [9.17, 15) is 15.3 Å². The van der Waals surface area contributed by atoms with Gasteiger partial charge >= 0.3 is 0 Å². The first-order valence-electron chi connectivity index (χ1n) is 11.0. The molecule has 2 rings (SSSR count). The number of aliphatic hydroxyl groups is 4. The Morgan fingerprint density at radius 3 is 2.44 bits per heavy atom. The summed E-state index contributed by atoms with van der Waals surface area (Å²) in [6.07, 6.45) is 17.2. The predicted octanol–water partition coefficient (Wildman–Crippen LogP) is 3.73. The van der Waals surface area contributed by atoms with Gasteiger partial charge in [-0.2, -0.15) is 0 Å². The topological polar surface area (TPSA) is 80.9 Å². The molecule has 0 saturated heterocycles. The van der Waals surface area contributed by atoms with Gasteiger partial charge in [-0.3, -0.25) is 0 Å². The molecule has 2 aliphatic rings. The van der Waals surface area contributed by atoms with Crippen molar-refractivity contribution in [1.29, 1.82) is 0 Å². The molecule has 0 amide bonds. The molecule has 0 aromatic carbocycles. The summed E-state index contributed by atoms with van der Waals surface area (Å²) < 4.78 is 0. The lowest BCUT2D eigenvalue weighted by Crippen LogP contribution is -2.30. The molecule has 2 aliphatic carbocycles. The van der Waals surface area contributed by atoms with Crippen LogP contribution in [0.15, 0.2) is 24.3 Å². The van der Waals surface area contributed by atoms with E-state index in [1.807, 2.05) is 6.08 Å². The summed E-state index contributed by atoms with van der Waals surface area (Å²) in [5.41, 5.74) is -0.587. The zero-order valence-corrected chi connectivity index (χ0v) is 17.0. The van der Waals surface area contributed by atoms with Crippen LogP contribution in [0.4, 0.5) is 0 Å². The fourth-order valence-electron chi connectivity index (χ4n) is 4.46. The second kappa shape index (κ2) is 11.4. The first-order chi connectivity index (χ1) is 13.0. The minimum atomic E-state index is -0.587. The number of unbranched alkanes of at least 4 members (excludes halogenated alkanes) is 3. The lowest BCUT2D eigenvalue weighted by atomic mass is 9.85. The number of hydrogen-bond donors (Lipinski definition) is 4. The van der Waals surface area contributed by atoms with Crippen molar-refractivity contribution in [2.75, 3.05) is 6.61 Å². The van der Waals surface area contributed by atoms with Crippen LogP contribution in [-0.2, 0) is 0 Å². The maximum absolute atomic E-state index is 11.0. The molecular formula is C23H40O4. The number of hydrogen-bond acceptors (Lipinski definition) is 4. The van der Waals surface area contributed by atoms with E-state index in [0.29, 0.717) is 18.8 Å². The van der Waals surface area contributed by atoms with Gasteiger partial charge in [0.15, 0.2) is 0 Å². The molecule has 2 fully saturated rings. The van der Waals surface area contributed by atoms with Crippen molar-refractivity contribution in [3.8, 4) is 0 Å². The molecule has 1 unspecified atom stereocenters. The van der Waals surface area contributed by atoms with Crippen molar-refractivity contribution < 1.29 is 20.4 Å². The van der Waals surface area contributed by atoms with Gasteiger partial charge < -0.3 is 20.4 Å². The fraction of sp³-hybridized carbons (Fsp3) is 0.826. The van der Waals surface area contributed by atoms with Crippen molar-refractivity contribution in [3.63, 3.8) is 0 Å². The SMILES string of the molecule is CCCCC(O)(C/C=C/[C@@H]1[C@@H](C/C=C\CCCCO)[C@H](O)C[C@H]1O)C1CC1. The Labute approximate surface area is 165 Å². The minimum Gasteiger partial charge on any atom is -0.396 e. The fourth-order valence-corrected chi connectivity index (χ4v) is 4.46. The molecule has 0 heterocycles. The molecule has 0 radical (unpaired) electrons. The van der Waals surface area contributed by atoms with E-state index in [2.05, 4.69) is 25.2 Å². The van der Waals surface area contributed by atoms with Crippen LogP contribution < -0.4 is 0 Å². The van der Waals surface area contributed by atoms with E-state index in [4.69, 9.17) is 5.11 Å². The van der Waals surface area contributed by atoms with E-state index >= 15 is 0 Å². The van der Waals surface area contributed by atoms with Crippen LogP contribution in [0.5, 0.6) is 0 Å². The van der Waals surface area contributed by atoms with Gasteiger partial charge in [-0.05, 0) is 63.2 Å². The van der Waals surface area contributed by atoms with Crippen LogP contribution in [0.2, 0.25) is 0 Å². The first-order valence-corrected chi connectivity index (χ1v) is 11.0. The molecule has 5 atom stereocenters. The summed E-state index contributed by atoms with van der Waals surface area (Å²) in [6.45, 7) is 2.39. The predicted molar refractivity (Wildman–Crippen MR) is 109 cm³/mol. The van der Waals surface area contributed by atoms with Crippen molar-refractivity contribution in [3.05, 3.63) is 24.3 Å². The molecule has 2 saturated carbocycles. The van der Waals surface area contributed by atoms with Crippen LogP contribution >= 0.6 is 0 Å². The molecule has 27 heavy (non-hydrogen) atoms. The summed E-state index contributed by atoms with van der Waals surface area (Å²) >= 11 is 0. The second-order valence-corrected chi connectivity index (χ2v) is 8.65. The highest BCUT2D eigenvalue weighted by molar-refractivity contribution is 5.07. The molecule has 0 aliphatic heterocycles. The van der Waals surface area contributed by atoms with Crippen molar-refractivity contribution in [1.82, 2.24) is 0 Å². The maximum Gasteiger partial charge on any atom is 0.0710 e. The lowest BCUT2D eigenvalue weighted by Gasteiger charge is -2.27. The van der Waals surface area contributed by atoms with Gasteiger partial charge in [0.25, 0.3) is 0 Å². The molecule has 0 spiro atoms. The summed E-state index contributed by atoms with van der Waals surface area (Å²) in [7, 11) is 0. The number of aliphatic hydroxyl groups excluding tert-OH is 3. The molecule has 156 valence electrons. The third kappa shape index (κ3) is 7.01. The average Bonchev–Trinajstić information content (AvgIpc) is 3.46. The van der Waals surface area contributed by atoms with E-state index < -0.39 is 17.8 Å². The highest BCUT2D eigenvalue weighted by Gasteiger charge is 2.43. The molecule has 0 aromatic rings. The van der Waals surface area contributed by atoms with Crippen molar-refractivity contribution >= 4 is 0 Å². The second-order valence-electron chi connectivity index (χ2n) is 8.65. The highest BCUT2D eigenvalue weighted by Crippen LogP contribution is 2.45. The van der Waals surface area contributed by atoms with E-state index in [1.54, 1.807) is 0 Å². The zero-order valence-electron chi connectivity index (χ0n) is 17.0. The van der Waals surface area contributed by atoms with Gasteiger partial charge in [0, 0.05) is 18.9 Å². The number of allylic oxidation sites excluding steroid dienone is 2. The Balaban J connectivity index is 1.88. The molecule has 0 aromatic heterocycles. The van der Waals surface area contributed by atoms with Crippen LogP contribution in [0, 0.1) is 17.8 Å². The molecule has 4 heteroatoms. The van der Waals surface area contributed by atoms with E-state index in [0.717, 1.165) is 57.8 Å². The Morgan fingerprint density at radius 2 is 1.78 bits per heavy atom. The Hall–Kier alpha value is -0.680. The van der Waals surface area contributed by atoms with Crippen molar-refractivity contribution in [2.24, 2.45) is 17.8 Å². The Morgan fingerprint density at radius 1 is 1.00 bits per heavy atom. The third-order valence-corrected chi connectivity index (χ3v) is 6.40. The van der Waals surface area contributed by atoms with Gasteiger partial charge in [0.2, 0.25) is 0 Å². The Kier molecular flexibility index (Phi) is 9.51. The van der Waals surface area contributed by atoms with Gasteiger partial charge in [-0.15, -0.1) is 0 Å². The maximum atomic E-state index is 11.0. The summed E-state index contributed by atoms with van der Waals surface area (Å²) in [6, 6.07) is 0. The molecule has 0 bridgehead atoms. The average molecular weight is 381 g/mol. The Bertz CT molecular complexity index is 471. The molecule has 4 N–H and O–H groups in total. The summed E-state index contributed by atoms with van der Waals surface area (Å²) in [5.74, 6) is 0.428. The third-order valence-electron chi connectivity index (χ3n) is 6.40. The number of rotatable bonds is 13. The van der Waals surface area contributed by atoms with Gasteiger partial charge in [-0.1, -0.05) is 44.1 Å². The lowest BCUT2D eigenvalue weighted by molar-refractivity contribution is 0.00951. The normalized spacial score (nSPS) is 31.1. The van der Waals surface area contributed by atoms with Gasteiger partial charge in [-0.25, -0.2) is 0 Å². The smallest absolute Gasteiger partial charge is 0.0710 e.